The molecule has 0 N–H and O–H groups in total. The Morgan fingerprint density at radius 2 is 1.03 bits per heavy atom. The van der Waals surface area contributed by atoms with Crippen molar-refractivity contribution in [3.8, 4) is 27.9 Å². The van der Waals surface area contributed by atoms with Gasteiger partial charge in [-0.25, -0.2) is 4.98 Å². The van der Waals surface area contributed by atoms with Gasteiger partial charge in [-0.1, -0.05) is 103 Å². The van der Waals surface area contributed by atoms with Crippen LogP contribution in [-0.4, -0.2) is 9.55 Å². The van der Waals surface area contributed by atoms with Crippen LogP contribution in [0, 0.1) is 6.85 Å². The van der Waals surface area contributed by atoms with Crippen molar-refractivity contribution >= 4 is 32.6 Å². The molecule has 1 heterocycles. The molecule has 0 bridgehead atoms. The van der Waals surface area contributed by atoms with E-state index in [4.69, 9.17) is 4.11 Å². The van der Waals surface area contributed by atoms with Crippen molar-refractivity contribution in [3.63, 3.8) is 0 Å². The molecule has 170 valence electrons. The Morgan fingerprint density at radius 3 is 1.61 bits per heavy atom. The maximum atomic E-state index is 8.09. The van der Waals surface area contributed by atoms with Gasteiger partial charge in [0.15, 0.2) is 0 Å². The number of para-hydroxylation sites is 2. The molecule has 36 heavy (non-hydrogen) atoms. The SMILES string of the molecule is [2H]C([2H])([2H])c1nc2ccccc2n1-c1ccc(-c2c3ccccc3c(-c3ccccc3)c3ccccc23)cc1. The minimum atomic E-state index is -2.34. The highest BCUT2D eigenvalue weighted by Gasteiger charge is 2.16. The molecule has 0 aliphatic heterocycles. The second kappa shape index (κ2) is 8.21. The van der Waals surface area contributed by atoms with Crippen LogP contribution in [0.25, 0.3) is 60.5 Å². The predicted molar refractivity (Wildman–Crippen MR) is 152 cm³/mol. The Kier molecular flexibility index (Phi) is 4.04. The molecule has 2 heteroatoms. The van der Waals surface area contributed by atoms with Gasteiger partial charge in [-0.3, -0.25) is 4.57 Å². The van der Waals surface area contributed by atoms with Crippen molar-refractivity contribution in [1.29, 1.82) is 0 Å². The molecule has 7 rings (SSSR count). The highest BCUT2D eigenvalue weighted by atomic mass is 15.1. The van der Waals surface area contributed by atoms with Gasteiger partial charge in [0.1, 0.15) is 5.82 Å². The number of aryl methyl sites for hydroxylation is 1. The topological polar surface area (TPSA) is 17.8 Å². The minimum Gasteiger partial charge on any atom is -0.297 e. The predicted octanol–water partition coefficient (Wildman–Crippen LogP) is 8.97. The van der Waals surface area contributed by atoms with Crippen LogP contribution in [0.4, 0.5) is 0 Å². The summed E-state index contributed by atoms with van der Waals surface area (Å²) in [6, 6.07) is 43.4. The Bertz CT molecular complexity index is 1930. The van der Waals surface area contributed by atoms with Crippen molar-refractivity contribution < 1.29 is 4.11 Å². The highest BCUT2D eigenvalue weighted by molar-refractivity contribution is 6.21. The molecule has 0 spiro atoms. The first-order chi connectivity index (χ1) is 19.0. The normalized spacial score (nSPS) is 13.1. The van der Waals surface area contributed by atoms with Crippen LogP contribution in [0.3, 0.4) is 0 Å². The van der Waals surface area contributed by atoms with Crippen LogP contribution >= 0.6 is 0 Å². The van der Waals surface area contributed by atoms with E-state index >= 15 is 0 Å². The third-order valence-corrected chi connectivity index (χ3v) is 6.97. The van der Waals surface area contributed by atoms with Gasteiger partial charge < -0.3 is 0 Å². The molecule has 0 saturated carbocycles. The van der Waals surface area contributed by atoms with Crippen molar-refractivity contribution in [3.05, 3.63) is 133 Å². The number of imidazole rings is 1. The van der Waals surface area contributed by atoms with Crippen molar-refractivity contribution in [1.82, 2.24) is 9.55 Å². The summed E-state index contributed by atoms with van der Waals surface area (Å²) < 4.78 is 26.0. The smallest absolute Gasteiger partial charge is 0.111 e. The van der Waals surface area contributed by atoms with Crippen molar-refractivity contribution in [2.45, 2.75) is 6.85 Å². The quantitative estimate of drug-likeness (QED) is 0.239. The molecule has 0 aliphatic rings. The third kappa shape index (κ3) is 3.15. The molecular formula is C34H24N2. The van der Waals surface area contributed by atoms with Gasteiger partial charge in [-0.05, 0) is 74.9 Å². The van der Waals surface area contributed by atoms with Crippen molar-refractivity contribution in [2.75, 3.05) is 0 Å². The molecule has 0 atom stereocenters. The maximum Gasteiger partial charge on any atom is 0.111 e. The second-order valence-corrected chi connectivity index (χ2v) is 9.01. The fourth-order valence-corrected chi connectivity index (χ4v) is 5.42. The summed E-state index contributed by atoms with van der Waals surface area (Å²) in [6.45, 7) is -2.34. The lowest BCUT2D eigenvalue weighted by Crippen LogP contribution is -1.97. The fraction of sp³-hybridized carbons (Fsp3) is 0.0294. The molecular weight excluding hydrogens is 436 g/mol. The molecule has 1 aromatic heterocycles. The van der Waals surface area contributed by atoms with Crippen molar-refractivity contribution in [2.24, 2.45) is 0 Å². The standard InChI is InChI=1S/C34H24N2/c1-23-35-31-17-9-10-18-32(31)36(23)26-21-19-25(20-22-26)34-29-15-7-5-13-27(29)33(24-11-3-2-4-12-24)28-14-6-8-16-30(28)34/h2-22H,1H3/i1D3. The molecule has 0 saturated heterocycles. The van der Waals surface area contributed by atoms with Crippen LogP contribution in [-0.2, 0) is 0 Å². The molecule has 0 fully saturated rings. The molecule has 0 unspecified atom stereocenters. The lowest BCUT2D eigenvalue weighted by Gasteiger charge is -2.18. The molecule has 7 aromatic rings. The zero-order valence-corrected chi connectivity index (χ0v) is 19.5. The van der Waals surface area contributed by atoms with E-state index in [9.17, 15) is 0 Å². The summed E-state index contributed by atoms with van der Waals surface area (Å²) in [7, 11) is 0. The number of hydrogen-bond donors (Lipinski definition) is 0. The maximum absolute atomic E-state index is 8.09. The van der Waals surface area contributed by atoms with E-state index < -0.39 is 6.85 Å². The monoisotopic (exact) mass is 463 g/mol. The van der Waals surface area contributed by atoms with Crippen LogP contribution in [0.2, 0.25) is 0 Å². The highest BCUT2D eigenvalue weighted by Crippen LogP contribution is 2.43. The second-order valence-electron chi connectivity index (χ2n) is 9.01. The Balaban J connectivity index is 1.47. The largest absolute Gasteiger partial charge is 0.297 e. The Morgan fingerprint density at radius 1 is 0.528 bits per heavy atom. The number of hydrogen-bond acceptors (Lipinski definition) is 1. The summed E-state index contributed by atoms with van der Waals surface area (Å²) in [6.07, 6.45) is 0. The zero-order valence-electron chi connectivity index (χ0n) is 22.5. The van der Waals surface area contributed by atoms with Crippen LogP contribution < -0.4 is 0 Å². The number of rotatable bonds is 3. The summed E-state index contributed by atoms with van der Waals surface area (Å²) >= 11 is 0. The van der Waals surface area contributed by atoms with Crippen LogP contribution in [0.5, 0.6) is 0 Å². The van der Waals surface area contributed by atoms with Gasteiger partial charge in [0, 0.05) is 9.80 Å². The summed E-state index contributed by atoms with van der Waals surface area (Å²) in [4.78, 5) is 4.46. The molecule has 6 aromatic carbocycles. The fourth-order valence-electron chi connectivity index (χ4n) is 5.42. The number of fused-ring (bicyclic) bond motifs is 3. The van der Waals surface area contributed by atoms with E-state index in [1.807, 2.05) is 42.5 Å². The first kappa shape index (κ1) is 17.7. The molecule has 0 aliphatic carbocycles. The van der Waals surface area contributed by atoms with Crippen LogP contribution in [0.15, 0.2) is 127 Å². The Hall–Kier alpha value is -4.69. The van der Waals surface area contributed by atoms with Gasteiger partial charge in [-0.15, -0.1) is 0 Å². The van der Waals surface area contributed by atoms with Gasteiger partial charge >= 0.3 is 0 Å². The third-order valence-electron chi connectivity index (χ3n) is 6.97. The van der Waals surface area contributed by atoms with E-state index in [-0.39, 0.29) is 5.82 Å². The Labute approximate surface area is 214 Å². The van der Waals surface area contributed by atoms with Gasteiger partial charge in [0.25, 0.3) is 0 Å². The first-order valence-electron chi connectivity index (χ1n) is 13.6. The van der Waals surface area contributed by atoms with E-state index in [0.29, 0.717) is 5.52 Å². The zero-order chi connectivity index (χ0) is 26.6. The van der Waals surface area contributed by atoms with Gasteiger partial charge in [-0.2, -0.15) is 0 Å². The summed E-state index contributed by atoms with van der Waals surface area (Å²) in [5, 5.41) is 4.76. The lowest BCUT2D eigenvalue weighted by molar-refractivity contribution is 1.00. The number of benzene rings is 6. The average molecular weight is 464 g/mol. The minimum absolute atomic E-state index is 0.0690. The van der Waals surface area contributed by atoms with E-state index in [1.165, 1.54) is 38.2 Å². The number of aromatic nitrogens is 2. The molecule has 2 nitrogen and oxygen atoms in total. The van der Waals surface area contributed by atoms with Gasteiger partial charge in [0.05, 0.1) is 11.0 Å². The van der Waals surface area contributed by atoms with E-state index in [1.54, 1.807) is 4.57 Å². The molecule has 0 radical (unpaired) electrons. The first-order valence-corrected chi connectivity index (χ1v) is 12.1. The molecule has 0 amide bonds. The lowest BCUT2D eigenvalue weighted by atomic mass is 9.86. The summed E-state index contributed by atoms with van der Waals surface area (Å²) in [5.74, 6) is 0.0690. The van der Waals surface area contributed by atoms with E-state index in [0.717, 1.165) is 16.8 Å². The summed E-state index contributed by atoms with van der Waals surface area (Å²) in [5.41, 5.74) is 6.88. The van der Waals surface area contributed by atoms with Gasteiger partial charge in [0.2, 0.25) is 0 Å². The van der Waals surface area contributed by atoms with E-state index in [2.05, 4.69) is 89.9 Å². The average Bonchev–Trinajstić information content (AvgIpc) is 3.37. The number of nitrogens with zero attached hydrogens (tertiary/aromatic N) is 2. The van der Waals surface area contributed by atoms with Crippen LogP contribution in [0.1, 0.15) is 9.94 Å².